The average molecular weight is 267 g/mol. The number of aromatic hydroxyl groups is 1. The van der Waals surface area contributed by atoms with Crippen molar-refractivity contribution in [3.05, 3.63) is 64.7 Å². The van der Waals surface area contributed by atoms with Crippen LogP contribution in [0.4, 0.5) is 0 Å². The molecule has 2 aromatic carbocycles. The number of para-hydroxylation sites is 1. The highest BCUT2D eigenvalue weighted by Gasteiger charge is 2.35. The lowest BCUT2D eigenvalue weighted by molar-refractivity contribution is 0.0641. The van der Waals surface area contributed by atoms with Crippen LogP contribution < -0.4 is 0 Å². The average Bonchev–Trinajstić information content (AvgIpc) is 2.66. The number of nitrogens with zero attached hydrogens (tertiary/aromatic N) is 1. The highest BCUT2D eigenvalue weighted by atomic mass is 16.3. The Bertz CT molecular complexity index is 721. The third kappa shape index (κ3) is 1.86. The summed E-state index contributed by atoms with van der Waals surface area (Å²) >= 11 is 0. The first kappa shape index (κ1) is 12.4. The Morgan fingerprint density at radius 1 is 1.00 bits per heavy atom. The van der Waals surface area contributed by atoms with Crippen LogP contribution in [0.15, 0.2) is 42.5 Å². The fraction of sp³-hybridized carbons (Fsp3) is 0.125. The number of carbonyl (C=O) groups excluding carboxylic acids is 2. The van der Waals surface area contributed by atoms with E-state index < -0.39 is 0 Å². The van der Waals surface area contributed by atoms with Gasteiger partial charge in [-0.05, 0) is 25.1 Å². The molecule has 0 bridgehead atoms. The number of hydrogen-bond donors (Lipinski definition) is 1. The fourth-order valence-electron chi connectivity index (χ4n) is 2.36. The number of rotatable bonds is 2. The van der Waals surface area contributed by atoms with Gasteiger partial charge in [0.2, 0.25) is 0 Å². The van der Waals surface area contributed by atoms with Gasteiger partial charge in [-0.3, -0.25) is 14.5 Å². The molecule has 0 saturated heterocycles. The van der Waals surface area contributed by atoms with E-state index in [4.69, 9.17) is 0 Å². The molecule has 4 nitrogen and oxygen atoms in total. The van der Waals surface area contributed by atoms with E-state index >= 15 is 0 Å². The minimum atomic E-state index is -0.312. The number of fused-ring (bicyclic) bond motifs is 1. The second-order valence-corrected chi connectivity index (χ2v) is 4.87. The van der Waals surface area contributed by atoms with E-state index in [1.165, 1.54) is 11.0 Å². The zero-order chi connectivity index (χ0) is 14.3. The maximum absolute atomic E-state index is 12.3. The summed E-state index contributed by atoms with van der Waals surface area (Å²) in [5.74, 6) is -0.537. The summed E-state index contributed by atoms with van der Waals surface area (Å²) in [4.78, 5) is 25.7. The summed E-state index contributed by atoms with van der Waals surface area (Å²) in [5, 5.41) is 9.76. The second kappa shape index (κ2) is 4.49. The van der Waals surface area contributed by atoms with Crippen molar-refractivity contribution in [2.75, 3.05) is 0 Å². The standard InChI is InChI=1S/C16H13NO3/c1-10-6-7-12-13(8-10)16(20)17(15(12)19)9-11-4-2-3-5-14(11)18/h2-8,18H,9H2,1H3. The van der Waals surface area contributed by atoms with Gasteiger partial charge in [0, 0.05) is 5.56 Å². The second-order valence-electron chi connectivity index (χ2n) is 4.87. The molecule has 2 aromatic rings. The van der Waals surface area contributed by atoms with Crippen molar-refractivity contribution in [2.24, 2.45) is 0 Å². The Kier molecular flexibility index (Phi) is 2.79. The van der Waals surface area contributed by atoms with Crippen molar-refractivity contribution < 1.29 is 14.7 Å². The van der Waals surface area contributed by atoms with Crippen molar-refractivity contribution in [2.45, 2.75) is 13.5 Å². The number of benzene rings is 2. The molecular weight excluding hydrogens is 254 g/mol. The summed E-state index contributed by atoms with van der Waals surface area (Å²) in [6.07, 6.45) is 0. The zero-order valence-corrected chi connectivity index (χ0v) is 11.0. The molecule has 3 rings (SSSR count). The number of imide groups is 1. The van der Waals surface area contributed by atoms with Gasteiger partial charge in [-0.2, -0.15) is 0 Å². The highest BCUT2D eigenvalue weighted by Crippen LogP contribution is 2.27. The molecule has 100 valence electrons. The molecule has 1 N–H and O–H groups in total. The Balaban J connectivity index is 1.96. The van der Waals surface area contributed by atoms with Crippen molar-refractivity contribution in [1.29, 1.82) is 0 Å². The minimum absolute atomic E-state index is 0.0814. The van der Waals surface area contributed by atoms with Gasteiger partial charge in [0.25, 0.3) is 11.8 Å². The maximum atomic E-state index is 12.3. The molecule has 1 heterocycles. The first-order valence-electron chi connectivity index (χ1n) is 6.31. The molecule has 0 atom stereocenters. The van der Waals surface area contributed by atoms with E-state index in [2.05, 4.69) is 0 Å². The van der Waals surface area contributed by atoms with Crippen LogP contribution in [0.1, 0.15) is 31.8 Å². The van der Waals surface area contributed by atoms with E-state index in [-0.39, 0.29) is 24.1 Å². The number of hydrogen-bond acceptors (Lipinski definition) is 3. The minimum Gasteiger partial charge on any atom is -0.508 e. The van der Waals surface area contributed by atoms with Gasteiger partial charge in [-0.15, -0.1) is 0 Å². The highest BCUT2D eigenvalue weighted by molar-refractivity contribution is 6.21. The van der Waals surface area contributed by atoms with Gasteiger partial charge in [0.1, 0.15) is 5.75 Å². The fourth-order valence-corrected chi connectivity index (χ4v) is 2.36. The lowest BCUT2D eigenvalue weighted by Gasteiger charge is -2.14. The number of carbonyl (C=O) groups is 2. The first-order valence-corrected chi connectivity index (χ1v) is 6.31. The molecule has 2 amide bonds. The van der Waals surface area contributed by atoms with Gasteiger partial charge in [0.05, 0.1) is 17.7 Å². The van der Waals surface area contributed by atoms with Gasteiger partial charge in [0.15, 0.2) is 0 Å². The molecule has 0 aromatic heterocycles. The quantitative estimate of drug-likeness (QED) is 0.850. The Morgan fingerprint density at radius 3 is 2.45 bits per heavy atom. The monoisotopic (exact) mass is 267 g/mol. The molecule has 0 unspecified atom stereocenters. The molecule has 0 saturated carbocycles. The molecular formula is C16H13NO3. The van der Waals surface area contributed by atoms with Gasteiger partial charge < -0.3 is 5.11 Å². The van der Waals surface area contributed by atoms with Gasteiger partial charge >= 0.3 is 0 Å². The van der Waals surface area contributed by atoms with Crippen LogP contribution in [0.5, 0.6) is 5.75 Å². The largest absolute Gasteiger partial charge is 0.508 e. The molecule has 1 aliphatic heterocycles. The van der Waals surface area contributed by atoms with Crippen LogP contribution in [-0.4, -0.2) is 21.8 Å². The summed E-state index contributed by atoms with van der Waals surface area (Å²) < 4.78 is 0. The first-order chi connectivity index (χ1) is 9.58. The van der Waals surface area contributed by atoms with Crippen molar-refractivity contribution in [1.82, 2.24) is 4.90 Å². The third-order valence-corrected chi connectivity index (χ3v) is 3.45. The molecule has 1 aliphatic rings. The van der Waals surface area contributed by atoms with E-state index in [9.17, 15) is 14.7 Å². The van der Waals surface area contributed by atoms with Crippen molar-refractivity contribution >= 4 is 11.8 Å². The van der Waals surface area contributed by atoms with Crippen LogP contribution in [0.25, 0.3) is 0 Å². The predicted molar refractivity (Wildman–Crippen MR) is 73.5 cm³/mol. The summed E-state index contributed by atoms with van der Waals surface area (Å²) in [6.45, 7) is 1.96. The molecule has 0 spiro atoms. The molecule has 0 aliphatic carbocycles. The van der Waals surface area contributed by atoms with Crippen LogP contribution in [0.2, 0.25) is 0 Å². The molecule has 0 radical (unpaired) electrons. The van der Waals surface area contributed by atoms with Crippen LogP contribution in [0.3, 0.4) is 0 Å². The number of aryl methyl sites for hydroxylation is 1. The normalized spacial score (nSPS) is 13.8. The summed E-state index contributed by atoms with van der Waals surface area (Å²) in [7, 11) is 0. The van der Waals surface area contributed by atoms with Crippen molar-refractivity contribution in [3.63, 3.8) is 0 Å². The van der Waals surface area contributed by atoms with Gasteiger partial charge in [-0.25, -0.2) is 0 Å². The third-order valence-electron chi connectivity index (χ3n) is 3.45. The smallest absolute Gasteiger partial charge is 0.261 e. The molecule has 0 fully saturated rings. The molecule has 4 heteroatoms. The van der Waals surface area contributed by atoms with E-state index in [0.717, 1.165) is 5.56 Å². The number of amides is 2. The Hall–Kier alpha value is -2.62. The van der Waals surface area contributed by atoms with Gasteiger partial charge in [-0.1, -0.05) is 29.8 Å². The summed E-state index contributed by atoms with van der Waals surface area (Å²) in [5.41, 5.74) is 2.36. The lowest BCUT2D eigenvalue weighted by atomic mass is 10.1. The zero-order valence-electron chi connectivity index (χ0n) is 11.0. The van der Waals surface area contributed by atoms with Crippen LogP contribution in [-0.2, 0) is 6.54 Å². The lowest BCUT2D eigenvalue weighted by Crippen LogP contribution is -2.29. The summed E-state index contributed by atoms with van der Waals surface area (Å²) in [6, 6.07) is 11.9. The van der Waals surface area contributed by atoms with E-state index in [1.807, 2.05) is 13.0 Å². The number of phenolic OH excluding ortho intramolecular Hbond substituents is 1. The topological polar surface area (TPSA) is 57.6 Å². The van der Waals surface area contributed by atoms with E-state index in [0.29, 0.717) is 16.7 Å². The Labute approximate surface area is 116 Å². The Morgan fingerprint density at radius 2 is 1.70 bits per heavy atom. The molecule has 20 heavy (non-hydrogen) atoms. The SMILES string of the molecule is Cc1ccc2c(c1)C(=O)N(Cc1ccccc1O)C2=O. The van der Waals surface area contributed by atoms with Crippen LogP contribution in [0, 0.1) is 6.92 Å². The maximum Gasteiger partial charge on any atom is 0.261 e. The van der Waals surface area contributed by atoms with Crippen LogP contribution >= 0.6 is 0 Å². The van der Waals surface area contributed by atoms with Crippen molar-refractivity contribution in [3.8, 4) is 5.75 Å². The van der Waals surface area contributed by atoms with E-state index in [1.54, 1.807) is 30.3 Å². The number of phenols is 1. The predicted octanol–water partition coefficient (Wildman–Crippen LogP) is 2.50.